The third kappa shape index (κ3) is 4.25. The number of methoxy groups -OCH3 is 1. The highest BCUT2D eigenvalue weighted by Gasteiger charge is 2.25. The molecule has 8 nitrogen and oxygen atoms in total. The molecular weight excluding hydrogens is 464 g/mol. The van der Waals surface area contributed by atoms with Gasteiger partial charge < -0.3 is 25.7 Å². The molecule has 0 radical (unpaired) electrons. The van der Waals surface area contributed by atoms with Crippen molar-refractivity contribution in [2.24, 2.45) is 7.05 Å². The Kier molecular flexibility index (Phi) is 6.28. The van der Waals surface area contributed by atoms with Gasteiger partial charge in [-0.15, -0.1) is 0 Å². The molecule has 2 aromatic carbocycles. The molecule has 0 unspecified atom stereocenters. The number of hydrogen-bond acceptors (Lipinski definition) is 6. The van der Waals surface area contributed by atoms with Crippen molar-refractivity contribution in [1.82, 2.24) is 9.55 Å². The molecule has 4 aromatic rings. The summed E-state index contributed by atoms with van der Waals surface area (Å²) in [6.07, 6.45) is 6.28. The highest BCUT2D eigenvalue weighted by molar-refractivity contribution is 6.11. The highest BCUT2D eigenvalue weighted by Crippen LogP contribution is 2.45. The van der Waals surface area contributed by atoms with Crippen molar-refractivity contribution in [3.8, 4) is 34.2 Å². The van der Waals surface area contributed by atoms with Gasteiger partial charge in [0.2, 0.25) is 5.91 Å². The first-order chi connectivity index (χ1) is 17.9. The molecule has 1 saturated carbocycles. The van der Waals surface area contributed by atoms with Crippen LogP contribution in [-0.2, 0) is 11.8 Å². The molecule has 0 saturated heterocycles. The van der Waals surface area contributed by atoms with E-state index in [-0.39, 0.29) is 5.91 Å². The van der Waals surface area contributed by atoms with E-state index in [1.807, 2.05) is 54.1 Å². The predicted octanol–water partition coefficient (Wildman–Crippen LogP) is 5.46. The number of hydrogen-bond donors (Lipinski definition) is 3. The van der Waals surface area contributed by atoms with Crippen LogP contribution < -0.4 is 21.1 Å². The normalized spacial score (nSPS) is 13.0. The molecular formula is C29H28N6O2. The fraction of sp³-hybridized carbons (Fsp3) is 0.207. The van der Waals surface area contributed by atoms with Crippen LogP contribution in [0.15, 0.2) is 61.3 Å². The van der Waals surface area contributed by atoms with E-state index in [4.69, 9.17) is 10.5 Å². The number of benzene rings is 2. The number of anilines is 3. The minimum absolute atomic E-state index is 0.279. The fourth-order valence-electron chi connectivity index (χ4n) is 4.85. The predicted molar refractivity (Wildman–Crippen MR) is 147 cm³/mol. The zero-order chi connectivity index (χ0) is 26.1. The number of nitrogens with two attached hydrogens (primary N) is 1. The fourth-order valence-corrected chi connectivity index (χ4v) is 4.85. The first-order valence-corrected chi connectivity index (χ1v) is 12.1. The van der Waals surface area contributed by atoms with Crippen molar-refractivity contribution < 1.29 is 9.53 Å². The van der Waals surface area contributed by atoms with Crippen molar-refractivity contribution in [3.05, 3.63) is 66.9 Å². The number of nitrogens with one attached hydrogen (secondary N) is 2. The van der Waals surface area contributed by atoms with E-state index in [1.54, 1.807) is 7.11 Å². The maximum atomic E-state index is 11.7. The Bertz CT molecular complexity index is 1560. The summed E-state index contributed by atoms with van der Waals surface area (Å²) in [6, 6.07) is 16.3. The molecule has 0 atom stereocenters. The number of carbonyl (C=O) groups excluding carboxylic acids is 1. The molecule has 2 heterocycles. The molecule has 1 aliphatic rings. The Hall–Kier alpha value is -4.77. The number of pyridine rings is 1. The van der Waals surface area contributed by atoms with Gasteiger partial charge in [-0.1, -0.05) is 24.8 Å². The van der Waals surface area contributed by atoms with Gasteiger partial charge in [-0.25, -0.2) is 4.98 Å². The quantitative estimate of drug-likeness (QED) is 0.295. The summed E-state index contributed by atoms with van der Waals surface area (Å²) in [4.78, 5) is 16.1. The lowest BCUT2D eigenvalue weighted by atomic mass is 9.92. The molecule has 37 heavy (non-hydrogen) atoms. The monoisotopic (exact) mass is 492 g/mol. The topological polar surface area (TPSA) is 118 Å². The van der Waals surface area contributed by atoms with E-state index in [1.165, 1.54) is 18.7 Å². The number of nitrogen functional groups attached to an aromatic ring is 1. The first kappa shape index (κ1) is 23.9. The zero-order valence-electron chi connectivity index (χ0n) is 20.8. The van der Waals surface area contributed by atoms with Crippen molar-refractivity contribution in [2.75, 3.05) is 23.5 Å². The number of nitriles is 1. The van der Waals surface area contributed by atoms with Crippen molar-refractivity contribution in [1.29, 1.82) is 5.26 Å². The smallest absolute Gasteiger partial charge is 0.247 e. The Labute approximate surface area is 215 Å². The van der Waals surface area contributed by atoms with E-state index < -0.39 is 0 Å². The van der Waals surface area contributed by atoms with Crippen LogP contribution in [0.5, 0.6) is 5.75 Å². The van der Waals surface area contributed by atoms with Crippen LogP contribution in [-0.4, -0.2) is 28.6 Å². The Balaban J connectivity index is 1.72. The number of carbonyl (C=O) groups is 1. The average molecular weight is 493 g/mol. The highest BCUT2D eigenvalue weighted by atomic mass is 16.5. The second kappa shape index (κ2) is 9.70. The molecule has 1 amide bonds. The molecule has 1 aliphatic carbocycles. The van der Waals surface area contributed by atoms with E-state index in [2.05, 4.69) is 28.3 Å². The lowest BCUT2D eigenvalue weighted by molar-refractivity contribution is -0.111. The van der Waals surface area contributed by atoms with Gasteiger partial charge in [-0.3, -0.25) is 4.79 Å². The van der Waals surface area contributed by atoms with Crippen LogP contribution in [0, 0.1) is 11.3 Å². The van der Waals surface area contributed by atoms with Crippen LogP contribution in [0.3, 0.4) is 0 Å². The lowest BCUT2D eigenvalue weighted by Gasteiger charge is -2.28. The van der Waals surface area contributed by atoms with Crippen molar-refractivity contribution in [2.45, 2.75) is 25.3 Å². The number of aryl methyl sites for hydroxylation is 1. The number of nitrogens with zero attached hydrogens (tertiary/aromatic N) is 3. The third-order valence-electron chi connectivity index (χ3n) is 6.93. The van der Waals surface area contributed by atoms with Crippen LogP contribution in [0.4, 0.5) is 17.2 Å². The van der Waals surface area contributed by atoms with Crippen LogP contribution in [0.1, 0.15) is 24.8 Å². The van der Waals surface area contributed by atoms with E-state index >= 15 is 0 Å². The van der Waals surface area contributed by atoms with Gasteiger partial charge in [0, 0.05) is 30.5 Å². The Morgan fingerprint density at radius 1 is 1.24 bits per heavy atom. The molecule has 0 spiro atoms. The summed E-state index contributed by atoms with van der Waals surface area (Å²) in [5, 5.41) is 16.9. The van der Waals surface area contributed by atoms with Gasteiger partial charge >= 0.3 is 0 Å². The molecule has 5 rings (SSSR count). The van der Waals surface area contributed by atoms with Gasteiger partial charge in [-0.05, 0) is 60.7 Å². The summed E-state index contributed by atoms with van der Waals surface area (Å²) in [5.41, 5.74) is 12.7. The van der Waals surface area contributed by atoms with E-state index in [9.17, 15) is 10.1 Å². The molecule has 4 N–H and O–H groups in total. The molecule has 2 aromatic heterocycles. The van der Waals surface area contributed by atoms with Gasteiger partial charge in [0.15, 0.2) is 0 Å². The number of aromatic nitrogens is 2. The largest absolute Gasteiger partial charge is 0.495 e. The summed E-state index contributed by atoms with van der Waals surface area (Å²) in [7, 11) is 3.58. The summed E-state index contributed by atoms with van der Waals surface area (Å²) < 4.78 is 7.74. The number of amides is 1. The van der Waals surface area contributed by atoms with Crippen LogP contribution in [0.25, 0.3) is 33.3 Å². The van der Waals surface area contributed by atoms with Gasteiger partial charge in [-0.2, -0.15) is 5.26 Å². The summed E-state index contributed by atoms with van der Waals surface area (Å²) in [5.74, 6) is 0.799. The SMILES string of the molecule is C=CC(=O)Nc1ccc(-c2c(-c3ccc(NC4CCC4)c(OC)c3)c3c(N)ncc(C#N)c3n2C)cc1. The van der Waals surface area contributed by atoms with E-state index in [0.717, 1.165) is 46.7 Å². The Morgan fingerprint density at radius 2 is 1.97 bits per heavy atom. The minimum atomic E-state index is -0.279. The number of rotatable bonds is 7. The van der Waals surface area contributed by atoms with Crippen molar-refractivity contribution >= 4 is 34.0 Å². The second-order valence-corrected chi connectivity index (χ2v) is 9.13. The standard InChI is InChI=1S/C29H28N6O2/c1-4-24(36)34-21-11-8-17(9-12-21)27-25(26-28(35(27)2)19(15-30)16-32-29(26)31)18-10-13-22(23(14-18)37-3)33-20-6-5-7-20/h4,8-14,16,20,33H,1,5-7H2,2-3H3,(H2,31,32)(H,34,36). The molecule has 0 bridgehead atoms. The Morgan fingerprint density at radius 3 is 2.59 bits per heavy atom. The average Bonchev–Trinajstić information content (AvgIpc) is 3.20. The second-order valence-electron chi connectivity index (χ2n) is 9.13. The van der Waals surface area contributed by atoms with Gasteiger partial charge in [0.05, 0.1) is 35.0 Å². The first-order valence-electron chi connectivity index (χ1n) is 12.1. The van der Waals surface area contributed by atoms with Gasteiger partial charge in [0.25, 0.3) is 0 Å². The van der Waals surface area contributed by atoms with Crippen LogP contribution in [0.2, 0.25) is 0 Å². The van der Waals surface area contributed by atoms with Crippen molar-refractivity contribution in [3.63, 3.8) is 0 Å². The maximum Gasteiger partial charge on any atom is 0.247 e. The summed E-state index contributed by atoms with van der Waals surface area (Å²) >= 11 is 0. The zero-order valence-corrected chi connectivity index (χ0v) is 20.8. The maximum absolute atomic E-state index is 11.7. The van der Waals surface area contributed by atoms with E-state index in [0.29, 0.717) is 34.0 Å². The number of fused-ring (bicyclic) bond motifs is 1. The molecule has 186 valence electrons. The lowest BCUT2D eigenvalue weighted by Crippen LogP contribution is -2.27. The molecule has 0 aliphatic heterocycles. The van der Waals surface area contributed by atoms with Crippen LogP contribution >= 0.6 is 0 Å². The molecule has 8 heteroatoms. The van der Waals surface area contributed by atoms with Gasteiger partial charge in [0.1, 0.15) is 17.6 Å². The summed E-state index contributed by atoms with van der Waals surface area (Å²) in [6.45, 7) is 3.50. The number of ether oxygens (including phenoxy) is 1. The minimum Gasteiger partial charge on any atom is -0.495 e. The molecule has 1 fully saturated rings. The third-order valence-corrected chi connectivity index (χ3v) is 6.93.